The van der Waals surface area contributed by atoms with Gasteiger partial charge in [0.05, 0.1) is 12.3 Å². The van der Waals surface area contributed by atoms with Crippen molar-refractivity contribution in [1.29, 1.82) is 0 Å². The van der Waals surface area contributed by atoms with Crippen LogP contribution in [0.5, 0.6) is 0 Å². The van der Waals surface area contributed by atoms with Crippen molar-refractivity contribution in [1.82, 2.24) is 4.98 Å². The van der Waals surface area contributed by atoms with Crippen molar-refractivity contribution in [2.45, 2.75) is 25.7 Å². The zero-order chi connectivity index (χ0) is 10.4. The third-order valence-electron chi connectivity index (χ3n) is 2.09. The number of aliphatic hydroxyl groups excluding tert-OH is 1. The van der Waals surface area contributed by atoms with Crippen LogP contribution in [-0.4, -0.2) is 30.4 Å². The Morgan fingerprint density at radius 1 is 1.64 bits per heavy atom. The van der Waals surface area contributed by atoms with E-state index in [0.717, 1.165) is 24.4 Å². The number of methoxy groups -OCH3 is 1. The molecule has 4 nitrogen and oxygen atoms in total. The van der Waals surface area contributed by atoms with Gasteiger partial charge in [0.1, 0.15) is 6.26 Å². The average Bonchev–Trinajstić information content (AvgIpc) is 2.66. The maximum Gasteiger partial charge on any atom is 0.194 e. The van der Waals surface area contributed by atoms with E-state index in [-0.39, 0.29) is 12.5 Å². The van der Waals surface area contributed by atoms with E-state index in [1.807, 2.05) is 6.92 Å². The van der Waals surface area contributed by atoms with Crippen LogP contribution in [0.25, 0.3) is 0 Å². The van der Waals surface area contributed by atoms with Crippen molar-refractivity contribution in [3.8, 4) is 0 Å². The van der Waals surface area contributed by atoms with Crippen molar-refractivity contribution in [2.24, 2.45) is 0 Å². The third-order valence-corrected chi connectivity index (χ3v) is 2.09. The molecular formula is C10H17NO3. The van der Waals surface area contributed by atoms with Crippen LogP contribution in [-0.2, 0) is 11.2 Å². The lowest BCUT2D eigenvalue weighted by atomic mass is 10.1. The largest absolute Gasteiger partial charge is 0.449 e. The number of aryl methyl sites for hydroxylation is 1. The van der Waals surface area contributed by atoms with Crippen LogP contribution < -0.4 is 0 Å². The van der Waals surface area contributed by atoms with E-state index < -0.39 is 0 Å². The monoisotopic (exact) mass is 199 g/mol. The molecule has 0 saturated heterocycles. The van der Waals surface area contributed by atoms with E-state index in [2.05, 4.69) is 4.98 Å². The summed E-state index contributed by atoms with van der Waals surface area (Å²) in [6, 6.07) is 0. The Morgan fingerprint density at radius 3 is 3.07 bits per heavy atom. The van der Waals surface area contributed by atoms with E-state index in [1.165, 1.54) is 0 Å². The van der Waals surface area contributed by atoms with Crippen LogP contribution in [0.4, 0.5) is 0 Å². The number of ether oxygens (including phenoxy) is 1. The molecule has 1 heterocycles. The first-order valence-corrected chi connectivity index (χ1v) is 4.82. The lowest BCUT2D eigenvalue weighted by molar-refractivity contribution is 0.193. The van der Waals surface area contributed by atoms with Crippen LogP contribution in [0.15, 0.2) is 10.7 Å². The quantitative estimate of drug-likeness (QED) is 0.703. The Morgan fingerprint density at radius 2 is 2.43 bits per heavy atom. The number of rotatable bonds is 6. The molecule has 4 heteroatoms. The molecule has 1 rings (SSSR count). The van der Waals surface area contributed by atoms with Crippen molar-refractivity contribution in [3.05, 3.63) is 17.8 Å². The smallest absolute Gasteiger partial charge is 0.194 e. The van der Waals surface area contributed by atoms with Crippen molar-refractivity contribution in [2.75, 3.05) is 20.3 Å². The molecule has 0 spiro atoms. The Balaban J connectivity index is 2.42. The van der Waals surface area contributed by atoms with Gasteiger partial charge in [-0.1, -0.05) is 6.92 Å². The highest BCUT2D eigenvalue weighted by atomic mass is 16.5. The molecule has 1 aromatic heterocycles. The first-order valence-electron chi connectivity index (χ1n) is 4.82. The van der Waals surface area contributed by atoms with Gasteiger partial charge in [-0.25, -0.2) is 4.98 Å². The standard InChI is InChI=1S/C10H17NO3/c1-8(6-12)9-7-14-10(11-9)4-3-5-13-2/h7-8,12H,3-6H2,1-2H3. The van der Waals surface area contributed by atoms with Crippen molar-refractivity contribution in [3.63, 3.8) is 0 Å². The number of aliphatic hydroxyl groups is 1. The minimum Gasteiger partial charge on any atom is -0.449 e. The summed E-state index contributed by atoms with van der Waals surface area (Å²) < 4.78 is 10.2. The van der Waals surface area contributed by atoms with Gasteiger partial charge in [-0.05, 0) is 6.42 Å². The first kappa shape index (κ1) is 11.2. The summed E-state index contributed by atoms with van der Waals surface area (Å²) in [5, 5.41) is 8.91. The maximum atomic E-state index is 8.91. The molecule has 80 valence electrons. The minimum absolute atomic E-state index is 0.0509. The normalized spacial score (nSPS) is 13.1. The molecule has 0 aromatic carbocycles. The van der Waals surface area contributed by atoms with E-state index in [4.69, 9.17) is 14.3 Å². The number of hydrogen-bond donors (Lipinski definition) is 1. The fourth-order valence-electron chi connectivity index (χ4n) is 1.13. The zero-order valence-corrected chi connectivity index (χ0v) is 8.69. The molecule has 1 unspecified atom stereocenters. The lowest BCUT2D eigenvalue weighted by Gasteiger charge is -2.00. The van der Waals surface area contributed by atoms with Crippen LogP contribution in [0.3, 0.4) is 0 Å². The van der Waals surface area contributed by atoms with Crippen LogP contribution in [0.1, 0.15) is 30.8 Å². The van der Waals surface area contributed by atoms with E-state index >= 15 is 0 Å². The lowest BCUT2D eigenvalue weighted by Crippen LogP contribution is -1.99. The summed E-state index contributed by atoms with van der Waals surface area (Å²) in [5.41, 5.74) is 0.819. The summed E-state index contributed by atoms with van der Waals surface area (Å²) in [6.45, 7) is 2.73. The number of oxazole rings is 1. The molecule has 14 heavy (non-hydrogen) atoms. The molecular weight excluding hydrogens is 182 g/mol. The second kappa shape index (κ2) is 5.78. The highest BCUT2D eigenvalue weighted by molar-refractivity contribution is 5.02. The van der Waals surface area contributed by atoms with Gasteiger partial charge >= 0.3 is 0 Å². The molecule has 0 aliphatic rings. The summed E-state index contributed by atoms with van der Waals surface area (Å²) in [4.78, 5) is 4.27. The third kappa shape index (κ3) is 3.12. The van der Waals surface area contributed by atoms with Gasteiger partial charge in [0.25, 0.3) is 0 Å². The Bertz CT molecular complexity index is 260. The van der Waals surface area contributed by atoms with Crippen LogP contribution in [0, 0.1) is 0 Å². The first-order chi connectivity index (χ1) is 6.77. The molecule has 1 N–H and O–H groups in total. The molecule has 0 aliphatic heterocycles. The highest BCUT2D eigenvalue weighted by Crippen LogP contribution is 2.14. The average molecular weight is 199 g/mol. The molecule has 1 atom stereocenters. The molecule has 0 aliphatic carbocycles. The molecule has 0 bridgehead atoms. The summed E-state index contributed by atoms with van der Waals surface area (Å²) in [7, 11) is 1.68. The van der Waals surface area contributed by atoms with Gasteiger partial charge in [0.15, 0.2) is 5.89 Å². The molecule has 0 saturated carbocycles. The molecule has 0 fully saturated rings. The topological polar surface area (TPSA) is 55.5 Å². The van der Waals surface area contributed by atoms with Gasteiger partial charge in [-0.3, -0.25) is 0 Å². The second-order valence-electron chi connectivity index (χ2n) is 3.35. The van der Waals surface area contributed by atoms with Crippen LogP contribution >= 0.6 is 0 Å². The predicted molar refractivity (Wildman–Crippen MR) is 52.2 cm³/mol. The van der Waals surface area contributed by atoms with Crippen LogP contribution in [0.2, 0.25) is 0 Å². The Hall–Kier alpha value is -0.870. The highest BCUT2D eigenvalue weighted by Gasteiger charge is 2.09. The summed E-state index contributed by atoms with van der Waals surface area (Å²) in [5.74, 6) is 0.771. The summed E-state index contributed by atoms with van der Waals surface area (Å²) in [6.07, 6.45) is 3.30. The van der Waals surface area contributed by atoms with Gasteiger partial charge in [-0.2, -0.15) is 0 Å². The van der Waals surface area contributed by atoms with Gasteiger partial charge in [0.2, 0.25) is 0 Å². The van der Waals surface area contributed by atoms with Crippen molar-refractivity contribution >= 4 is 0 Å². The minimum atomic E-state index is 0.0509. The van der Waals surface area contributed by atoms with E-state index in [1.54, 1.807) is 13.4 Å². The second-order valence-corrected chi connectivity index (χ2v) is 3.35. The van der Waals surface area contributed by atoms with E-state index in [9.17, 15) is 0 Å². The SMILES string of the molecule is COCCCc1nc(C(C)CO)co1. The number of aromatic nitrogens is 1. The Labute approximate surface area is 83.9 Å². The molecule has 1 aromatic rings. The van der Waals surface area contributed by atoms with Gasteiger partial charge in [0, 0.05) is 26.1 Å². The fourth-order valence-corrected chi connectivity index (χ4v) is 1.13. The Kier molecular flexibility index (Phi) is 4.62. The van der Waals surface area contributed by atoms with Gasteiger partial charge in [-0.15, -0.1) is 0 Å². The number of nitrogens with zero attached hydrogens (tertiary/aromatic N) is 1. The number of hydrogen-bond acceptors (Lipinski definition) is 4. The fraction of sp³-hybridized carbons (Fsp3) is 0.700. The molecule has 0 radical (unpaired) electrons. The van der Waals surface area contributed by atoms with Gasteiger partial charge < -0.3 is 14.3 Å². The maximum absolute atomic E-state index is 8.91. The summed E-state index contributed by atoms with van der Waals surface area (Å²) >= 11 is 0. The van der Waals surface area contributed by atoms with E-state index in [0.29, 0.717) is 6.61 Å². The van der Waals surface area contributed by atoms with Crippen molar-refractivity contribution < 1.29 is 14.3 Å². The predicted octanol–water partition coefficient (Wildman–Crippen LogP) is 1.35. The molecule has 0 amide bonds. The zero-order valence-electron chi connectivity index (χ0n) is 8.69.